The molecule has 1 amide bonds. The van der Waals surface area contributed by atoms with Crippen LogP contribution in [-0.4, -0.2) is 44.7 Å². The lowest BCUT2D eigenvalue weighted by Crippen LogP contribution is -2.51. The van der Waals surface area contributed by atoms with Crippen LogP contribution in [0.2, 0.25) is 0 Å². The average molecular weight is 432 g/mol. The van der Waals surface area contributed by atoms with E-state index in [2.05, 4.69) is 15.0 Å². The number of aromatic nitrogens is 3. The summed E-state index contributed by atoms with van der Waals surface area (Å²) < 4.78 is 2.01. The van der Waals surface area contributed by atoms with Gasteiger partial charge in [0.1, 0.15) is 11.6 Å². The first-order chi connectivity index (χ1) is 12.5. The highest BCUT2D eigenvalue weighted by Gasteiger charge is 2.42. The third kappa shape index (κ3) is 4.82. The molecule has 3 fully saturated rings. The third-order valence-electron chi connectivity index (χ3n) is 6.99. The Morgan fingerprint density at radius 2 is 1.79 bits per heavy atom. The molecule has 8 heteroatoms. The van der Waals surface area contributed by atoms with E-state index in [1.54, 1.807) is 0 Å². The quantitative estimate of drug-likeness (QED) is 0.796. The number of rotatable bonds is 3. The normalized spacial score (nSPS) is 32.2. The first-order valence-electron chi connectivity index (χ1n) is 10.4. The van der Waals surface area contributed by atoms with Gasteiger partial charge in [0.15, 0.2) is 0 Å². The zero-order chi connectivity index (χ0) is 18.3. The second-order valence-corrected chi connectivity index (χ2v) is 8.88. The van der Waals surface area contributed by atoms with E-state index in [0.717, 1.165) is 50.5 Å². The van der Waals surface area contributed by atoms with Crippen molar-refractivity contribution >= 4 is 30.7 Å². The summed E-state index contributed by atoms with van der Waals surface area (Å²) in [6, 6.07) is 0.334. The van der Waals surface area contributed by atoms with Crippen molar-refractivity contribution < 1.29 is 4.79 Å². The highest BCUT2D eigenvalue weighted by atomic mass is 35.5. The van der Waals surface area contributed by atoms with Crippen molar-refractivity contribution in [3.05, 3.63) is 11.6 Å². The van der Waals surface area contributed by atoms with E-state index in [0.29, 0.717) is 29.7 Å². The highest BCUT2D eigenvalue weighted by molar-refractivity contribution is 5.85. The lowest BCUT2D eigenvalue weighted by atomic mass is 9.65. The molecule has 2 heterocycles. The van der Waals surface area contributed by atoms with Crippen molar-refractivity contribution in [1.82, 2.24) is 19.7 Å². The molecular formula is C20H35Cl2N5O. The minimum absolute atomic E-state index is 0. The van der Waals surface area contributed by atoms with Crippen LogP contribution in [0.1, 0.15) is 56.6 Å². The average Bonchev–Trinajstić information content (AvgIpc) is 2.91. The van der Waals surface area contributed by atoms with E-state index in [4.69, 9.17) is 5.73 Å². The number of halogens is 2. The summed E-state index contributed by atoms with van der Waals surface area (Å²) in [4.78, 5) is 19.8. The molecule has 2 N–H and O–H groups in total. The van der Waals surface area contributed by atoms with E-state index in [9.17, 15) is 4.79 Å². The van der Waals surface area contributed by atoms with Gasteiger partial charge in [0.05, 0.1) is 0 Å². The molecule has 0 radical (unpaired) electrons. The van der Waals surface area contributed by atoms with Crippen LogP contribution in [-0.2, 0) is 11.3 Å². The van der Waals surface area contributed by atoms with E-state index in [1.165, 1.54) is 25.7 Å². The number of nitrogens with two attached hydrogens (primary N) is 1. The van der Waals surface area contributed by atoms with Gasteiger partial charge in [-0.2, -0.15) is 5.10 Å². The lowest BCUT2D eigenvalue weighted by molar-refractivity contribution is -0.140. The standard InChI is InChI=1S/C20H33N5O.2ClH/c1-13-22-14(2)25(23-13)12-15-5-4-8-24(11-15)20(26)18-9-16-6-3-7-17(10-18)19(16)21;;/h15-19H,3-12,21H2,1-2H3;2*1H. The van der Waals surface area contributed by atoms with Crippen LogP contribution in [0.4, 0.5) is 0 Å². The smallest absolute Gasteiger partial charge is 0.225 e. The molecule has 0 spiro atoms. The van der Waals surface area contributed by atoms with Crippen LogP contribution < -0.4 is 5.73 Å². The number of likely N-dealkylation sites (tertiary alicyclic amines) is 1. The van der Waals surface area contributed by atoms with Crippen LogP contribution in [0.5, 0.6) is 0 Å². The number of aryl methyl sites for hydroxylation is 2. The number of hydrogen-bond donors (Lipinski definition) is 1. The number of carbonyl (C=O) groups is 1. The first kappa shape index (κ1) is 23.4. The molecule has 3 unspecified atom stereocenters. The molecule has 1 aliphatic heterocycles. The Hall–Kier alpha value is -0.850. The third-order valence-corrected chi connectivity index (χ3v) is 6.99. The summed E-state index contributed by atoms with van der Waals surface area (Å²) in [5.74, 6) is 4.02. The van der Waals surface area contributed by atoms with Gasteiger partial charge in [-0.3, -0.25) is 4.79 Å². The van der Waals surface area contributed by atoms with Gasteiger partial charge in [-0.25, -0.2) is 9.67 Å². The Balaban J connectivity index is 0.00000140. The maximum Gasteiger partial charge on any atom is 0.225 e. The molecule has 2 aliphatic carbocycles. The van der Waals surface area contributed by atoms with Gasteiger partial charge >= 0.3 is 0 Å². The second kappa shape index (κ2) is 9.77. The molecule has 2 bridgehead atoms. The predicted octanol–water partition coefficient (Wildman–Crippen LogP) is 3.13. The number of nitrogens with zero attached hydrogens (tertiary/aromatic N) is 4. The maximum absolute atomic E-state index is 13.2. The Bertz CT molecular complexity index is 653. The molecule has 1 aromatic rings. The molecule has 1 aromatic heterocycles. The fourth-order valence-electron chi connectivity index (χ4n) is 5.64. The molecule has 1 saturated heterocycles. The summed E-state index contributed by atoms with van der Waals surface area (Å²) >= 11 is 0. The van der Waals surface area contributed by atoms with Gasteiger partial charge in [0, 0.05) is 31.6 Å². The maximum atomic E-state index is 13.2. The molecule has 3 atom stereocenters. The van der Waals surface area contributed by atoms with E-state index >= 15 is 0 Å². The number of carbonyl (C=O) groups excluding carboxylic acids is 1. The van der Waals surface area contributed by atoms with Gasteiger partial charge in [-0.15, -0.1) is 24.8 Å². The van der Waals surface area contributed by atoms with Gasteiger partial charge < -0.3 is 10.6 Å². The van der Waals surface area contributed by atoms with Crippen molar-refractivity contribution in [2.24, 2.45) is 29.4 Å². The Morgan fingerprint density at radius 3 is 2.39 bits per heavy atom. The van der Waals surface area contributed by atoms with Crippen molar-refractivity contribution in [3.8, 4) is 0 Å². The minimum atomic E-state index is 0. The monoisotopic (exact) mass is 431 g/mol. The van der Waals surface area contributed by atoms with Crippen molar-refractivity contribution in [2.45, 2.75) is 71.4 Å². The predicted molar refractivity (Wildman–Crippen MR) is 115 cm³/mol. The zero-order valence-corrected chi connectivity index (χ0v) is 18.7. The van der Waals surface area contributed by atoms with Gasteiger partial charge in [0.2, 0.25) is 5.91 Å². The van der Waals surface area contributed by atoms with Crippen molar-refractivity contribution in [2.75, 3.05) is 13.1 Å². The topological polar surface area (TPSA) is 77.0 Å². The van der Waals surface area contributed by atoms with Crippen LogP contribution >= 0.6 is 24.8 Å². The van der Waals surface area contributed by atoms with E-state index in [-0.39, 0.29) is 30.7 Å². The summed E-state index contributed by atoms with van der Waals surface area (Å²) in [6.07, 6.45) is 8.03. The van der Waals surface area contributed by atoms with E-state index in [1.807, 2.05) is 18.5 Å². The van der Waals surface area contributed by atoms with Crippen LogP contribution in [0.15, 0.2) is 0 Å². The van der Waals surface area contributed by atoms with Crippen molar-refractivity contribution in [3.63, 3.8) is 0 Å². The lowest BCUT2D eigenvalue weighted by Gasteiger charge is -2.45. The van der Waals surface area contributed by atoms with Gasteiger partial charge in [-0.1, -0.05) is 6.42 Å². The number of amides is 1. The molecule has 6 nitrogen and oxygen atoms in total. The Labute approximate surface area is 180 Å². The zero-order valence-electron chi connectivity index (χ0n) is 17.0. The van der Waals surface area contributed by atoms with Crippen molar-refractivity contribution in [1.29, 1.82) is 0 Å². The number of piperidine rings is 1. The Morgan fingerprint density at radius 1 is 1.11 bits per heavy atom. The minimum Gasteiger partial charge on any atom is -0.342 e. The molecular weight excluding hydrogens is 397 g/mol. The van der Waals surface area contributed by atoms with Gasteiger partial charge in [0.25, 0.3) is 0 Å². The largest absolute Gasteiger partial charge is 0.342 e. The fourth-order valence-corrected chi connectivity index (χ4v) is 5.64. The summed E-state index contributed by atoms with van der Waals surface area (Å²) in [5, 5.41) is 4.50. The van der Waals surface area contributed by atoms with Crippen LogP contribution in [0.3, 0.4) is 0 Å². The molecule has 160 valence electrons. The second-order valence-electron chi connectivity index (χ2n) is 8.88. The molecule has 3 aliphatic rings. The first-order valence-corrected chi connectivity index (χ1v) is 10.4. The number of fused-ring (bicyclic) bond motifs is 2. The molecule has 0 aromatic carbocycles. The number of hydrogen-bond acceptors (Lipinski definition) is 4. The van der Waals surface area contributed by atoms with Crippen LogP contribution in [0.25, 0.3) is 0 Å². The van der Waals surface area contributed by atoms with E-state index < -0.39 is 0 Å². The molecule has 2 saturated carbocycles. The Kier molecular flexibility index (Phi) is 8.17. The highest BCUT2D eigenvalue weighted by Crippen LogP contribution is 2.42. The van der Waals surface area contributed by atoms with Crippen LogP contribution in [0, 0.1) is 37.5 Å². The van der Waals surface area contributed by atoms with Gasteiger partial charge in [-0.05, 0) is 70.1 Å². The SMILES string of the molecule is Cc1nc(C)n(CC2CCCN(C(=O)C3CC4CCCC(C3)C4N)C2)n1.Cl.Cl. The summed E-state index contributed by atoms with van der Waals surface area (Å²) in [7, 11) is 0. The fraction of sp³-hybridized carbons (Fsp3) is 0.850. The summed E-state index contributed by atoms with van der Waals surface area (Å²) in [5.41, 5.74) is 6.41. The molecule has 4 rings (SSSR count). The molecule has 28 heavy (non-hydrogen) atoms. The summed E-state index contributed by atoms with van der Waals surface area (Å²) in [6.45, 7) is 6.61.